The summed E-state index contributed by atoms with van der Waals surface area (Å²) in [6, 6.07) is 17.5. The van der Waals surface area contributed by atoms with Gasteiger partial charge in [0.15, 0.2) is 0 Å². The second-order valence-corrected chi connectivity index (χ2v) is 9.30. The van der Waals surface area contributed by atoms with Crippen LogP contribution < -0.4 is 4.74 Å². The van der Waals surface area contributed by atoms with E-state index in [1.54, 1.807) is 0 Å². The van der Waals surface area contributed by atoms with Crippen LogP contribution in [0.5, 0.6) is 5.75 Å². The van der Waals surface area contributed by atoms with Crippen molar-refractivity contribution in [1.82, 2.24) is 14.5 Å². The highest BCUT2D eigenvalue weighted by Gasteiger charge is 2.48. The fraction of sp³-hybridized carbons (Fsp3) is 0.440. The van der Waals surface area contributed by atoms with Gasteiger partial charge in [-0.2, -0.15) is 0 Å². The third-order valence-electron chi connectivity index (χ3n) is 6.10. The van der Waals surface area contributed by atoms with Crippen LogP contribution in [0.3, 0.4) is 0 Å². The number of benzene rings is 2. The largest absolute Gasteiger partial charge is 0.486 e. The lowest BCUT2D eigenvalue weighted by Gasteiger charge is -2.48. The lowest BCUT2D eigenvalue weighted by Crippen LogP contribution is -2.61. The normalized spacial score (nSPS) is 22.5. The minimum atomic E-state index is -0.419. The fourth-order valence-corrected chi connectivity index (χ4v) is 4.80. The Kier molecular flexibility index (Phi) is 5.39. The highest BCUT2D eigenvalue weighted by Crippen LogP contribution is 2.35. The van der Waals surface area contributed by atoms with Gasteiger partial charge in [-0.3, -0.25) is 4.79 Å². The van der Waals surface area contributed by atoms with Crippen LogP contribution in [0.25, 0.3) is 11.0 Å². The summed E-state index contributed by atoms with van der Waals surface area (Å²) in [5.41, 5.74) is 0.958. The summed E-state index contributed by atoms with van der Waals surface area (Å²) in [6.45, 7) is 6.89. The number of para-hydroxylation sites is 3. The molecule has 3 heterocycles. The number of morpholine rings is 1. The van der Waals surface area contributed by atoms with Crippen molar-refractivity contribution in [3.05, 3.63) is 60.4 Å². The molecule has 0 N–H and O–H groups in total. The second-order valence-electron chi connectivity index (χ2n) is 9.30. The van der Waals surface area contributed by atoms with Gasteiger partial charge in [0.25, 0.3) is 0 Å². The van der Waals surface area contributed by atoms with Gasteiger partial charge in [-0.05, 0) is 38.1 Å². The minimum Gasteiger partial charge on any atom is -0.486 e. The maximum atomic E-state index is 13.5. The molecule has 0 unspecified atom stereocenters. The molecule has 0 bridgehead atoms. The molecule has 0 radical (unpaired) electrons. The van der Waals surface area contributed by atoms with Crippen molar-refractivity contribution in [2.24, 2.45) is 0 Å². The van der Waals surface area contributed by atoms with Crippen LogP contribution in [0, 0.1) is 0 Å². The number of amides is 1. The molecule has 2 aliphatic rings. The molecule has 3 aromatic rings. The first-order valence-corrected chi connectivity index (χ1v) is 11.1. The Bertz CT molecular complexity index is 1100. The zero-order valence-corrected chi connectivity index (χ0v) is 18.6. The van der Waals surface area contributed by atoms with E-state index in [4.69, 9.17) is 19.2 Å². The van der Waals surface area contributed by atoms with Crippen molar-refractivity contribution in [3.8, 4) is 5.75 Å². The lowest BCUT2D eigenvalue weighted by molar-refractivity contribution is -0.199. The van der Waals surface area contributed by atoms with Crippen LogP contribution in [-0.2, 0) is 27.4 Å². The molecule has 2 fully saturated rings. The van der Waals surface area contributed by atoms with E-state index < -0.39 is 11.2 Å². The summed E-state index contributed by atoms with van der Waals surface area (Å²) in [7, 11) is 0. The highest BCUT2D eigenvalue weighted by molar-refractivity contribution is 5.81. The Morgan fingerprint density at radius 2 is 1.88 bits per heavy atom. The monoisotopic (exact) mass is 435 g/mol. The number of imidazole rings is 1. The van der Waals surface area contributed by atoms with Gasteiger partial charge >= 0.3 is 0 Å². The summed E-state index contributed by atoms with van der Waals surface area (Å²) >= 11 is 0. The first kappa shape index (κ1) is 21.0. The topological polar surface area (TPSA) is 65.8 Å². The molecular formula is C25H29N3O4. The molecule has 2 aromatic carbocycles. The number of hydrogen-bond acceptors (Lipinski definition) is 5. The van der Waals surface area contributed by atoms with E-state index in [1.807, 2.05) is 77.9 Å². The van der Waals surface area contributed by atoms with Crippen LogP contribution >= 0.6 is 0 Å². The second kappa shape index (κ2) is 8.22. The Hall–Kier alpha value is -2.90. The summed E-state index contributed by atoms with van der Waals surface area (Å²) in [4.78, 5) is 20.2. The Balaban J connectivity index is 1.39. The molecule has 168 valence electrons. The third kappa shape index (κ3) is 4.23. The molecule has 1 aromatic heterocycles. The van der Waals surface area contributed by atoms with Gasteiger partial charge in [0.05, 0.1) is 29.8 Å². The van der Waals surface area contributed by atoms with Crippen LogP contribution in [0.2, 0.25) is 0 Å². The Morgan fingerprint density at radius 3 is 2.66 bits per heavy atom. The number of carbonyl (C=O) groups excluding carboxylic acids is 1. The number of carbonyl (C=O) groups is 1. The van der Waals surface area contributed by atoms with Crippen molar-refractivity contribution >= 4 is 16.9 Å². The van der Waals surface area contributed by atoms with E-state index in [1.165, 1.54) is 0 Å². The van der Waals surface area contributed by atoms with Gasteiger partial charge in [0, 0.05) is 19.6 Å². The molecule has 0 aliphatic carbocycles. The van der Waals surface area contributed by atoms with Gasteiger partial charge in [0.1, 0.15) is 30.3 Å². The summed E-state index contributed by atoms with van der Waals surface area (Å²) in [6.07, 6.45) is 0.810. The van der Waals surface area contributed by atoms with Gasteiger partial charge < -0.3 is 23.7 Å². The zero-order chi connectivity index (χ0) is 22.2. The van der Waals surface area contributed by atoms with E-state index in [-0.39, 0.29) is 12.5 Å². The van der Waals surface area contributed by atoms with Crippen LogP contribution in [0.1, 0.15) is 26.1 Å². The smallest absolute Gasteiger partial charge is 0.242 e. The van der Waals surface area contributed by atoms with E-state index in [0.717, 1.165) is 29.0 Å². The van der Waals surface area contributed by atoms with E-state index in [9.17, 15) is 4.79 Å². The molecule has 2 aliphatic heterocycles. The van der Waals surface area contributed by atoms with Crippen molar-refractivity contribution < 1.29 is 19.0 Å². The summed E-state index contributed by atoms with van der Waals surface area (Å²) in [5, 5.41) is 0. The third-order valence-corrected chi connectivity index (χ3v) is 6.10. The van der Waals surface area contributed by atoms with Crippen molar-refractivity contribution in [2.75, 3.05) is 26.3 Å². The standard InChI is InChI=1S/C25H29N3O4/c1-24(2)16-27(17-25(32-24)12-13-30-18-25)23(29)14-28-21-11-7-6-10-20(21)26-22(28)15-31-19-8-4-3-5-9-19/h3-11H,12-18H2,1-2H3/t25-/m0/s1. The molecule has 1 atom stereocenters. The summed E-state index contributed by atoms with van der Waals surface area (Å²) in [5.74, 6) is 1.56. The first-order chi connectivity index (χ1) is 15.4. The summed E-state index contributed by atoms with van der Waals surface area (Å²) < 4.78 is 19.9. The average Bonchev–Trinajstić information content (AvgIpc) is 3.36. The van der Waals surface area contributed by atoms with Crippen LogP contribution in [0.15, 0.2) is 54.6 Å². The molecule has 1 amide bonds. The van der Waals surface area contributed by atoms with Crippen LogP contribution in [-0.4, -0.2) is 57.9 Å². The number of hydrogen-bond donors (Lipinski definition) is 0. The maximum Gasteiger partial charge on any atom is 0.242 e. The Labute approximate surface area is 187 Å². The van der Waals surface area contributed by atoms with Crippen molar-refractivity contribution in [1.29, 1.82) is 0 Å². The molecule has 0 saturated carbocycles. The molecule has 2 saturated heterocycles. The van der Waals surface area contributed by atoms with Crippen molar-refractivity contribution in [3.63, 3.8) is 0 Å². The van der Waals surface area contributed by atoms with Gasteiger partial charge in [-0.1, -0.05) is 30.3 Å². The zero-order valence-electron chi connectivity index (χ0n) is 18.6. The van der Waals surface area contributed by atoms with Gasteiger partial charge in [-0.15, -0.1) is 0 Å². The SMILES string of the molecule is CC1(C)CN(C(=O)Cn2c(COc3ccccc3)nc3ccccc32)C[C@]2(CCOC2)O1. The molecule has 32 heavy (non-hydrogen) atoms. The molecule has 1 spiro atoms. The van der Waals surface area contributed by atoms with E-state index >= 15 is 0 Å². The van der Waals surface area contributed by atoms with Gasteiger partial charge in [-0.25, -0.2) is 4.98 Å². The first-order valence-electron chi connectivity index (χ1n) is 11.1. The number of ether oxygens (including phenoxy) is 3. The quantitative estimate of drug-likeness (QED) is 0.615. The molecule has 5 rings (SSSR count). The van der Waals surface area contributed by atoms with E-state index in [0.29, 0.717) is 32.9 Å². The lowest BCUT2D eigenvalue weighted by atomic mass is 9.95. The van der Waals surface area contributed by atoms with Crippen LogP contribution in [0.4, 0.5) is 0 Å². The Morgan fingerprint density at radius 1 is 1.09 bits per heavy atom. The molecular weight excluding hydrogens is 406 g/mol. The fourth-order valence-electron chi connectivity index (χ4n) is 4.80. The molecule has 7 heteroatoms. The predicted molar refractivity (Wildman–Crippen MR) is 120 cm³/mol. The molecule has 7 nitrogen and oxygen atoms in total. The minimum absolute atomic E-state index is 0.0526. The number of fused-ring (bicyclic) bond motifs is 1. The number of aromatic nitrogens is 2. The highest BCUT2D eigenvalue weighted by atomic mass is 16.6. The van der Waals surface area contributed by atoms with Gasteiger partial charge in [0.2, 0.25) is 5.91 Å². The average molecular weight is 436 g/mol. The number of rotatable bonds is 5. The van der Waals surface area contributed by atoms with Crippen molar-refractivity contribution in [2.45, 2.75) is 44.6 Å². The predicted octanol–water partition coefficient (Wildman–Crippen LogP) is 3.41. The van der Waals surface area contributed by atoms with E-state index in [2.05, 4.69) is 0 Å². The maximum absolute atomic E-state index is 13.5. The number of nitrogens with zero attached hydrogens (tertiary/aromatic N) is 3.